The van der Waals surface area contributed by atoms with Crippen LogP contribution in [0.5, 0.6) is 11.5 Å². The van der Waals surface area contributed by atoms with E-state index in [4.69, 9.17) is 21.1 Å². The van der Waals surface area contributed by atoms with E-state index in [0.717, 1.165) is 17.2 Å². The maximum absolute atomic E-state index is 13.1. The molecular weight excluding hydrogens is 455 g/mol. The van der Waals surface area contributed by atoms with Gasteiger partial charge in [0.05, 0.1) is 5.56 Å². The Morgan fingerprint density at radius 1 is 1.21 bits per heavy atom. The molecule has 2 unspecified atom stereocenters. The molecular formula is C25H27ClF3NO3. The van der Waals surface area contributed by atoms with Crippen LogP contribution in [-0.2, 0) is 12.6 Å². The van der Waals surface area contributed by atoms with Crippen molar-refractivity contribution in [3.8, 4) is 11.5 Å². The summed E-state index contributed by atoms with van der Waals surface area (Å²) in [5.41, 5.74) is 1.32. The van der Waals surface area contributed by atoms with Crippen molar-refractivity contribution < 1.29 is 27.8 Å². The van der Waals surface area contributed by atoms with E-state index < -0.39 is 24.1 Å². The highest BCUT2D eigenvalue weighted by Crippen LogP contribution is 2.44. The van der Waals surface area contributed by atoms with Crippen LogP contribution in [0, 0.1) is 0 Å². The third-order valence-corrected chi connectivity index (χ3v) is 6.13. The number of alkyl halides is 3. The van der Waals surface area contributed by atoms with Crippen molar-refractivity contribution >= 4 is 17.2 Å². The van der Waals surface area contributed by atoms with E-state index in [-0.39, 0.29) is 5.60 Å². The van der Waals surface area contributed by atoms with Crippen LogP contribution in [0.4, 0.5) is 13.2 Å². The minimum atomic E-state index is -4.38. The summed E-state index contributed by atoms with van der Waals surface area (Å²) in [5, 5.41) is 11.0. The number of rotatable bonds is 5. The number of aliphatic hydroxyl groups excluding tert-OH is 1. The maximum atomic E-state index is 13.1. The third kappa shape index (κ3) is 5.31. The Bertz CT molecular complexity index is 1070. The molecule has 0 radical (unpaired) electrons. The molecule has 0 aliphatic carbocycles. The zero-order chi connectivity index (χ0) is 24.0. The molecule has 178 valence electrons. The molecule has 0 aromatic heterocycles. The Hall–Kier alpha value is -2.22. The van der Waals surface area contributed by atoms with Gasteiger partial charge in [-0.25, -0.2) is 0 Å². The quantitative estimate of drug-likeness (QED) is 0.573. The average molecular weight is 482 g/mol. The number of hydrogen-bond acceptors (Lipinski definition) is 4. The number of halogens is 4. The lowest BCUT2D eigenvalue weighted by atomic mass is 9.97. The molecule has 2 aliphatic heterocycles. The van der Waals surface area contributed by atoms with E-state index in [1.54, 1.807) is 19.1 Å². The molecule has 2 aliphatic rings. The first-order valence-electron chi connectivity index (χ1n) is 10.9. The molecule has 0 bridgehead atoms. The second kappa shape index (κ2) is 8.85. The summed E-state index contributed by atoms with van der Waals surface area (Å²) in [4.78, 5) is 1.95. The monoisotopic (exact) mass is 481 g/mol. The lowest BCUT2D eigenvalue weighted by Crippen LogP contribution is -2.48. The number of hydrogen-bond donors (Lipinski definition) is 1. The first-order chi connectivity index (χ1) is 15.4. The SMILES string of the molecule is CC(O)C(Oc1cc(Cl)cc2c1OC(C)(C)C2)N1CC=C(c2cccc(C(F)(F)F)c2)CC1. The first-order valence-corrected chi connectivity index (χ1v) is 11.3. The summed E-state index contributed by atoms with van der Waals surface area (Å²) in [6.45, 7) is 6.57. The Balaban J connectivity index is 1.53. The zero-order valence-corrected chi connectivity index (χ0v) is 19.5. The molecule has 1 N–H and O–H groups in total. The van der Waals surface area contributed by atoms with Gasteiger partial charge in [-0.1, -0.05) is 29.8 Å². The van der Waals surface area contributed by atoms with Gasteiger partial charge in [0.2, 0.25) is 0 Å². The second-order valence-corrected chi connectivity index (χ2v) is 9.67. The molecule has 0 spiro atoms. The summed E-state index contributed by atoms with van der Waals surface area (Å²) in [7, 11) is 0. The van der Waals surface area contributed by atoms with Crippen LogP contribution in [0.25, 0.3) is 5.57 Å². The predicted octanol–water partition coefficient (Wildman–Crippen LogP) is 5.95. The van der Waals surface area contributed by atoms with Crippen LogP contribution >= 0.6 is 11.6 Å². The zero-order valence-electron chi connectivity index (χ0n) is 18.7. The van der Waals surface area contributed by atoms with Gasteiger partial charge in [0, 0.05) is 36.2 Å². The van der Waals surface area contributed by atoms with Crippen LogP contribution < -0.4 is 9.47 Å². The van der Waals surface area contributed by atoms with Gasteiger partial charge in [-0.15, -0.1) is 0 Å². The van der Waals surface area contributed by atoms with Gasteiger partial charge >= 0.3 is 6.18 Å². The molecule has 0 saturated heterocycles. The summed E-state index contributed by atoms with van der Waals surface area (Å²) in [6.07, 6.45) is -2.75. The Morgan fingerprint density at radius 3 is 2.61 bits per heavy atom. The van der Waals surface area contributed by atoms with Crippen LogP contribution in [0.3, 0.4) is 0 Å². The highest BCUT2D eigenvalue weighted by molar-refractivity contribution is 6.30. The van der Waals surface area contributed by atoms with E-state index >= 15 is 0 Å². The summed E-state index contributed by atoms with van der Waals surface area (Å²) < 4.78 is 51.5. The predicted molar refractivity (Wildman–Crippen MR) is 122 cm³/mol. The molecule has 0 fully saturated rings. The van der Waals surface area contributed by atoms with Crippen molar-refractivity contribution in [2.45, 2.75) is 57.7 Å². The fourth-order valence-electron chi connectivity index (χ4n) is 4.41. The van der Waals surface area contributed by atoms with Gasteiger partial charge in [0.15, 0.2) is 17.7 Å². The lowest BCUT2D eigenvalue weighted by molar-refractivity contribution is -0.137. The molecule has 2 aromatic carbocycles. The number of nitrogens with zero attached hydrogens (tertiary/aromatic N) is 1. The third-order valence-electron chi connectivity index (χ3n) is 5.91. The van der Waals surface area contributed by atoms with Gasteiger partial charge in [-0.3, -0.25) is 4.90 Å². The van der Waals surface area contributed by atoms with Crippen molar-refractivity contribution in [3.05, 3.63) is 64.2 Å². The standard InChI is InChI=1S/C25H27ClF3NO3/c1-15(31)23(32-21-13-20(26)12-18-14-24(2,3)33-22(18)21)30-9-7-16(8-10-30)17-5-4-6-19(11-17)25(27,28)29/h4-7,11-13,15,23,31H,8-10,14H2,1-3H3. The number of benzene rings is 2. The van der Waals surface area contributed by atoms with E-state index in [1.807, 2.05) is 30.9 Å². The molecule has 33 heavy (non-hydrogen) atoms. The van der Waals surface area contributed by atoms with Gasteiger partial charge in [-0.05, 0) is 56.5 Å². The van der Waals surface area contributed by atoms with Crippen LogP contribution in [0.1, 0.15) is 43.9 Å². The van der Waals surface area contributed by atoms with Crippen molar-refractivity contribution in [2.24, 2.45) is 0 Å². The molecule has 0 amide bonds. The highest BCUT2D eigenvalue weighted by Gasteiger charge is 2.35. The Labute approximate surface area is 196 Å². The van der Waals surface area contributed by atoms with Crippen molar-refractivity contribution in [3.63, 3.8) is 0 Å². The van der Waals surface area contributed by atoms with Crippen LogP contribution in [0.2, 0.25) is 5.02 Å². The van der Waals surface area contributed by atoms with E-state index in [2.05, 4.69) is 0 Å². The van der Waals surface area contributed by atoms with Crippen LogP contribution in [-0.4, -0.2) is 41.0 Å². The van der Waals surface area contributed by atoms with E-state index in [1.165, 1.54) is 12.1 Å². The van der Waals surface area contributed by atoms with Gasteiger partial charge in [-0.2, -0.15) is 13.2 Å². The summed E-state index contributed by atoms with van der Waals surface area (Å²) in [6, 6.07) is 8.91. The normalized spacial score (nSPS) is 19.9. The lowest BCUT2D eigenvalue weighted by Gasteiger charge is -2.36. The maximum Gasteiger partial charge on any atom is 0.416 e. The molecule has 2 aromatic rings. The Morgan fingerprint density at radius 2 is 1.97 bits per heavy atom. The average Bonchev–Trinajstić information content (AvgIpc) is 3.05. The van der Waals surface area contributed by atoms with Crippen molar-refractivity contribution in [1.82, 2.24) is 4.90 Å². The summed E-state index contributed by atoms with van der Waals surface area (Å²) in [5.74, 6) is 1.11. The smallest absolute Gasteiger partial charge is 0.416 e. The number of ether oxygens (including phenoxy) is 2. The molecule has 0 saturated carbocycles. The number of aliphatic hydroxyl groups is 1. The fourth-order valence-corrected chi connectivity index (χ4v) is 4.64. The van der Waals surface area contributed by atoms with Gasteiger partial charge in [0.25, 0.3) is 0 Å². The summed E-state index contributed by atoms with van der Waals surface area (Å²) >= 11 is 6.30. The topological polar surface area (TPSA) is 41.9 Å². The van der Waals surface area contributed by atoms with E-state index in [9.17, 15) is 18.3 Å². The minimum Gasteiger partial charge on any atom is -0.483 e. The second-order valence-electron chi connectivity index (χ2n) is 9.23. The fraction of sp³-hybridized carbons (Fsp3) is 0.440. The van der Waals surface area contributed by atoms with Crippen molar-refractivity contribution in [1.29, 1.82) is 0 Å². The molecule has 8 heteroatoms. The van der Waals surface area contributed by atoms with Gasteiger partial charge in [0.1, 0.15) is 11.7 Å². The first kappa shape index (κ1) is 23.9. The largest absolute Gasteiger partial charge is 0.483 e. The number of fused-ring (bicyclic) bond motifs is 1. The Kier molecular flexibility index (Phi) is 6.42. The van der Waals surface area contributed by atoms with Gasteiger partial charge < -0.3 is 14.6 Å². The molecule has 2 atom stereocenters. The van der Waals surface area contributed by atoms with E-state index in [0.29, 0.717) is 48.0 Å². The molecule has 2 heterocycles. The molecule has 4 rings (SSSR count). The van der Waals surface area contributed by atoms with Crippen LogP contribution in [0.15, 0.2) is 42.5 Å². The molecule has 4 nitrogen and oxygen atoms in total. The highest BCUT2D eigenvalue weighted by atomic mass is 35.5. The van der Waals surface area contributed by atoms with Crippen molar-refractivity contribution in [2.75, 3.05) is 13.1 Å². The minimum absolute atomic E-state index is 0.376.